The number of aromatic nitrogens is 2. The molecule has 0 aliphatic heterocycles. The number of benzene rings is 1. The summed E-state index contributed by atoms with van der Waals surface area (Å²) < 4.78 is 0. The zero-order chi connectivity index (χ0) is 13.8. The molecule has 0 amide bonds. The molecular formula is C15H20N4. The molecule has 0 saturated carbocycles. The van der Waals surface area contributed by atoms with Crippen LogP contribution in [0.1, 0.15) is 28.1 Å². The molecule has 19 heavy (non-hydrogen) atoms. The van der Waals surface area contributed by atoms with Crippen molar-refractivity contribution in [3.05, 3.63) is 52.5 Å². The molecule has 0 saturated heterocycles. The van der Waals surface area contributed by atoms with Crippen molar-refractivity contribution < 1.29 is 0 Å². The highest BCUT2D eigenvalue weighted by molar-refractivity contribution is 5.38. The van der Waals surface area contributed by atoms with E-state index in [1.807, 2.05) is 0 Å². The number of nitrogens with zero attached hydrogens (tertiary/aromatic N) is 2. The number of nitrogen functional groups attached to an aromatic ring is 1. The molecule has 1 aromatic heterocycles. The fourth-order valence-electron chi connectivity index (χ4n) is 2.01. The van der Waals surface area contributed by atoms with Crippen LogP contribution in [-0.4, -0.2) is 9.97 Å². The number of nitrogens with two attached hydrogens (primary N) is 1. The quantitative estimate of drug-likeness (QED) is 0.881. The van der Waals surface area contributed by atoms with E-state index >= 15 is 0 Å². The fourth-order valence-corrected chi connectivity index (χ4v) is 2.01. The Kier molecular flexibility index (Phi) is 4.12. The van der Waals surface area contributed by atoms with E-state index in [0.29, 0.717) is 12.4 Å². The molecule has 0 unspecified atom stereocenters. The van der Waals surface area contributed by atoms with Gasteiger partial charge in [-0.2, -0.15) is 0 Å². The third kappa shape index (κ3) is 3.29. The van der Waals surface area contributed by atoms with E-state index in [1.54, 1.807) is 12.3 Å². The van der Waals surface area contributed by atoms with Crippen molar-refractivity contribution in [3.8, 4) is 0 Å². The van der Waals surface area contributed by atoms with Gasteiger partial charge in [-0.25, -0.2) is 9.97 Å². The molecule has 0 fully saturated rings. The second kappa shape index (κ2) is 5.80. The van der Waals surface area contributed by atoms with Gasteiger partial charge in [0.1, 0.15) is 11.6 Å². The first kappa shape index (κ1) is 13.5. The van der Waals surface area contributed by atoms with Crippen LogP contribution in [0.4, 0.5) is 5.82 Å². The summed E-state index contributed by atoms with van der Waals surface area (Å²) in [5, 5.41) is 3.35. The van der Waals surface area contributed by atoms with E-state index in [0.717, 1.165) is 12.4 Å². The molecule has 0 radical (unpaired) electrons. The average molecular weight is 256 g/mol. The molecule has 4 heteroatoms. The van der Waals surface area contributed by atoms with Crippen LogP contribution in [0.25, 0.3) is 0 Å². The van der Waals surface area contributed by atoms with Crippen molar-refractivity contribution in [1.29, 1.82) is 0 Å². The molecular weight excluding hydrogens is 236 g/mol. The van der Waals surface area contributed by atoms with E-state index in [2.05, 4.69) is 48.2 Å². The monoisotopic (exact) mass is 256 g/mol. The van der Waals surface area contributed by atoms with Crippen LogP contribution >= 0.6 is 0 Å². The van der Waals surface area contributed by atoms with Gasteiger partial charge < -0.3 is 11.1 Å². The maximum atomic E-state index is 5.62. The molecule has 0 aliphatic carbocycles. The van der Waals surface area contributed by atoms with Gasteiger partial charge in [0.2, 0.25) is 0 Å². The summed E-state index contributed by atoms with van der Waals surface area (Å²) in [6, 6.07) is 6.03. The van der Waals surface area contributed by atoms with Crippen molar-refractivity contribution in [2.24, 2.45) is 0 Å². The number of rotatable bonds is 4. The van der Waals surface area contributed by atoms with Crippen LogP contribution in [0.15, 0.2) is 24.4 Å². The van der Waals surface area contributed by atoms with Gasteiger partial charge in [-0.05, 0) is 49.1 Å². The van der Waals surface area contributed by atoms with Gasteiger partial charge in [0.05, 0.1) is 6.54 Å². The number of aryl methyl sites for hydroxylation is 1. The molecule has 2 rings (SSSR count). The molecule has 100 valence electrons. The molecule has 3 N–H and O–H groups in total. The standard InChI is InChI=1S/C15H20N4/c1-10-4-5-13(12(3)11(10)2)8-17-9-15-18-7-6-14(16)19-15/h4-7,17H,8-9H2,1-3H3,(H2,16,18,19). The zero-order valence-electron chi connectivity index (χ0n) is 11.7. The first-order valence-electron chi connectivity index (χ1n) is 6.41. The summed E-state index contributed by atoms with van der Waals surface area (Å²) >= 11 is 0. The van der Waals surface area contributed by atoms with Crippen LogP contribution in [-0.2, 0) is 13.1 Å². The predicted octanol–water partition coefficient (Wildman–Crippen LogP) is 2.27. The van der Waals surface area contributed by atoms with E-state index in [1.165, 1.54) is 22.3 Å². The minimum Gasteiger partial charge on any atom is -0.384 e. The second-order valence-electron chi connectivity index (χ2n) is 4.79. The van der Waals surface area contributed by atoms with Crippen molar-refractivity contribution in [1.82, 2.24) is 15.3 Å². The first-order valence-corrected chi connectivity index (χ1v) is 6.41. The summed E-state index contributed by atoms with van der Waals surface area (Å²) in [5.41, 5.74) is 11.0. The fraction of sp³-hybridized carbons (Fsp3) is 0.333. The molecule has 4 nitrogen and oxygen atoms in total. The number of hydrogen-bond acceptors (Lipinski definition) is 4. The number of hydrogen-bond donors (Lipinski definition) is 2. The maximum absolute atomic E-state index is 5.62. The summed E-state index contributed by atoms with van der Waals surface area (Å²) in [4.78, 5) is 8.33. The van der Waals surface area contributed by atoms with E-state index in [9.17, 15) is 0 Å². The molecule has 0 spiro atoms. The highest BCUT2D eigenvalue weighted by Crippen LogP contribution is 2.16. The molecule has 0 aliphatic rings. The van der Waals surface area contributed by atoms with Crippen LogP contribution in [0.3, 0.4) is 0 Å². The van der Waals surface area contributed by atoms with Gasteiger partial charge in [-0.3, -0.25) is 0 Å². The van der Waals surface area contributed by atoms with Crippen molar-refractivity contribution in [2.45, 2.75) is 33.9 Å². The number of nitrogens with one attached hydrogen (secondary N) is 1. The summed E-state index contributed by atoms with van der Waals surface area (Å²) in [7, 11) is 0. The molecule has 1 heterocycles. The van der Waals surface area contributed by atoms with Crippen molar-refractivity contribution in [3.63, 3.8) is 0 Å². The summed E-state index contributed by atoms with van der Waals surface area (Å²) in [6.07, 6.45) is 1.68. The van der Waals surface area contributed by atoms with Crippen LogP contribution in [0, 0.1) is 20.8 Å². The van der Waals surface area contributed by atoms with Crippen LogP contribution in [0.5, 0.6) is 0 Å². The van der Waals surface area contributed by atoms with Gasteiger partial charge in [-0.1, -0.05) is 12.1 Å². The Morgan fingerprint density at radius 2 is 1.84 bits per heavy atom. The maximum Gasteiger partial charge on any atom is 0.144 e. The normalized spacial score (nSPS) is 10.7. The van der Waals surface area contributed by atoms with Crippen molar-refractivity contribution >= 4 is 5.82 Å². The van der Waals surface area contributed by atoms with Crippen molar-refractivity contribution in [2.75, 3.05) is 5.73 Å². The highest BCUT2D eigenvalue weighted by atomic mass is 15.0. The lowest BCUT2D eigenvalue weighted by molar-refractivity contribution is 0.660. The number of anilines is 1. The smallest absolute Gasteiger partial charge is 0.144 e. The first-order chi connectivity index (χ1) is 9.08. The van der Waals surface area contributed by atoms with E-state index < -0.39 is 0 Å². The average Bonchev–Trinajstić information content (AvgIpc) is 2.39. The Morgan fingerprint density at radius 3 is 2.58 bits per heavy atom. The van der Waals surface area contributed by atoms with Gasteiger partial charge in [-0.15, -0.1) is 0 Å². The molecule has 2 aromatic rings. The largest absolute Gasteiger partial charge is 0.384 e. The summed E-state index contributed by atoms with van der Waals surface area (Å²) in [5.74, 6) is 1.23. The van der Waals surface area contributed by atoms with E-state index in [4.69, 9.17) is 5.73 Å². The zero-order valence-corrected chi connectivity index (χ0v) is 11.7. The Bertz CT molecular complexity index is 578. The lowest BCUT2D eigenvalue weighted by Gasteiger charge is -2.11. The predicted molar refractivity (Wildman–Crippen MR) is 77.6 cm³/mol. The van der Waals surface area contributed by atoms with Crippen LogP contribution in [0.2, 0.25) is 0 Å². The molecule has 0 atom stereocenters. The van der Waals surface area contributed by atoms with Crippen LogP contribution < -0.4 is 11.1 Å². The van der Waals surface area contributed by atoms with Gasteiger partial charge in [0, 0.05) is 12.7 Å². The Labute approximate surface area is 114 Å². The highest BCUT2D eigenvalue weighted by Gasteiger charge is 2.04. The Morgan fingerprint density at radius 1 is 1.05 bits per heavy atom. The topological polar surface area (TPSA) is 63.8 Å². The van der Waals surface area contributed by atoms with Gasteiger partial charge >= 0.3 is 0 Å². The second-order valence-corrected chi connectivity index (χ2v) is 4.79. The molecule has 0 bridgehead atoms. The minimum absolute atomic E-state index is 0.508. The molecule has 1 aromatic carbocycles. The van der Waals surface area contributed by atoms with Gasteiger partial charge in [0.15, 0.2) is 0 Å². The SMILES string of the molecule is Cc1ccc(CNCc2nccc(N)n2)c(C)c1C. The van der Waals surface area contributed by atoms with E-state index in [-0.39, 0.29) is 0 Å². The third-order valence-electron chi connectivity index (χ3n) is 3.50. The minimum atomic E-state index is 0.508. The Balaban J connectivity index is 1.98. The third-order valence-corrected chi connectivity index (χ3v) is 3.50. The lowest BCUT2D eigenvalue weighted by atomic mass is 9.99. The Hall–Kier alpha value is -1.94. The van der Waals surface area contributed by atoms with Gasteiger partial charge in [0.25, 0.3) is 0 Å². The lowest BCUT2D eigenvalue weighted by Crippen LogP contribution is -2.16. The summed E-state index contributed by atoms with van der Waals surface area (Å²) in [6.45, 7) is 7.90.